The lowest BCUT2D eigenvalue weighted by Crippen LogP contribution is -2.34. The van der Waals surface area contributed by atoms with Gasteiger partial charge in [0.1, 0.15) is 0 Å². The lowest BCUT2D eigenvalue weighted by molar-refractivity contribution is -0.141. The van der Waals surface area contributed by atoms with Crippen molar-refractivity contribution in [1.29, 1.82) is 0 Å². The number of aliphatic carboxylic acids is 1. The van der Waals surface area contributed by atoms with Gasteiger partial charge in [-0.3, -0.25) is 9.59 Å². The zero-order valence-corrected chi connectivity index (χ0v) is 13.4. The number of carbonyl (C=O) groups excluding carboxylic acids is 1. The Kier molecular flexibility index (Phi) is 4.33. The van der Waals surface area contributed by atoms with Crippen molar-refractivity contribution in [1.82, 2.24) is 5.32 Å². The van der Waals surface area contributed by atoms with Crippen LogP contribution in [0.3, 0.4) is 0 Å². The smallest absolute Gasteiger partial charge is 0.306 e. The van der Waals surface area contributed by atoms with Gasteiger partial charge in [0.25, 0.3) is 0 Å². The molecule has 4 atom stereocenters. The third kappa shape index (κ3) is 3.39. The second-order valence-corrected chi connectivity index (χ2v) is 7.08. The zero-order chi connectivity index (χ0) is 15.9. The highest BCUT2D eigenvalue weighted by atomic mass is 35.5. The Morgan fingerprint density at radius 3 is 2.36 bits per heavy atom. The van der Waals surface area contributed by atoms with Crippen LogP contribution in [0.15, 0.2) is 18.2 Å². The molecule has 2 saturated carbocycles. The summed E-state index contributed by atoms with van der Waals surface area (Å²) in [6.07, 6.45) is 2.69. The van der Waals surface area contributed by atoms with E-state index in [2.05, 4.69) is 5.32 Å². The SMILES string of the molecule is O=C(N[C@@H]1CC[C@H](C(=O)O)C1)C1CC1c1cc(Cl)cc(Cl)c1. The van der Waals surface area contributed by atoms with E-state index in [4.69, 9.17) is 28.3 Å². The molecule has 1 amide bonds. The van der Waals surface area contributed by atoms with Crippen molar-refractivity contribution in [2.75, 3.05) is 0 Å². The highest BCUT2D eigenvalue weighted by molar-refractivity contribution is 6.34. The summed E-state index contributed by atoms with van der Waals surface area (Å²) in [7, 11) is 0. The maximum absolute atomic E-state index is 12.3. The Morgan fingerprint density at radius 2 is 1.77 bits per heavy atom. The minimum Gasteiger partial charge on any atom is -0.481 e. The number of amides is 1. The van der Waals surface area contributed by atoms with E-state index >= 15 is 0 Å². The molecule has 4 nitrogen and oxygen atoms in total. The number of carboxylic acids is 1. The van der Waals surface area contributed by atoms with Gasteiger partial charge in [0.2, 0.25) is 5.91 Å². The van der Waals surface area contributed by atoms with Crippen molar-refractivity contribution in [3.05, 3.63) is 33.8 Å². The number of benzene rings is 1. The molecule has 0 aliphatic heterocycles. The molecule has 1 aromatic carbocycles. The van der Waals surface area contributed by atoms with Gasteiger partial charge in [-0.15, -0.1) is 0 Å². The first-order chi connectivity index (χ1) is 10.4. The minimum atomic E-state index is -0.769. The molecule has 3 rings (SSSR count). The van der Waals surface area contributed by atoms with E-state index in [1.807, 2.05) is 12.1 Å². The van der Waals surface area contributed by atoms with Gasteiger partial charge in [-0.05, 0) is 55.4 Å². The van der Waals surface area contributed by atoms with Crippen molar-refractivity contribution in [3.8, 4) is 0 Å². The maximum atomic E-state index is 12.3. The van der Waals surface area contributed by atoms with Crippen molar-refractivity contribution in [2.45, 2.75) is 37.6 Å². The minimum absolute atomic E-state index is 0.0112. The Balaban J connectivity index is 1.56. The third-order valence-corrected chi connectivity index (χ3v) is 5.00. The summed E-state index contributed by atoms with van der Waals surface area (Å²) in [4.78, 5) is 23.2. The van der Waals surface area contributed by atoms with Gasteiger partial charge < -0.3 is 10.4 Å². The number of hydrogen-bond donors (Lipinski definition) is 2. The van der Waals surface area contributed by atoms with Gasteiger partial charge in [0.15, 0.2) is 0 Å². The molecule has 118 valence electrons. The Morgan fingerprint density at radius 1 is 1.09 bits per heavy atom. The number of rotatable bonds is 4. The number of carboxylic acid groups (broad SMARTS) is 1. The summed E-state index contributed by atoms with van der Waals surface area (Å²) in [6, 6.07) is 5.36. The number of halogens is 2. The fraction of sp³-hybridized carbons (Fsp3) is 0.500. The van der Waals surface area contributed by atoms with Crippen LogP contribution >= 0.6 is 23.2 Å². The topological polar surface area (TPSA) is 66.4 Å². The second-order valence-electron chi connectivity index (χ2n) is 6.21. The van der Waals surface area contributed by atoms with E-state index in [0.29, 0.717) is 22.9 Å². The molecular weight excluding hydrogens is 325 g/mol. The van der Waals surface area contributed by atoms with Crippen LogP contribution in [0, 0.1) is 11.8 Å². The van der Waals surface area contributed by atoms with Crippen LogP contribution in [-0.4, -0.2) is 23.0 Å². The quantitative estimate of drug-likeness (QED) is 0.881. The molecule has 1 aromatic rings. The predicted molar refractivity (Wildman–Crippen MR) is 84.2 cm³/mol. The molecule has 0 aromatic heterocycles. The predicted octanol–water partition coefficient (Wildman–Crippen LogP) is 3.47. The molecule has 2 aliphatic carbocycles. The average Bonchev–Trinajstić information content (AvgIpc) is 3.10. The fourth-order valence-electron chi connectivity index (χ4n) is 3.29. The third-order valence-electron chi connectivity index (χ3n) is 4.57. The maximum Gasteiger partial charge on any atom is 0.306 e. The van der Waals surface area contributed by atoms with Crippen LogP contribution in [0.25, 0.3) is 0 Å². The normalized spacial score (nSPS) is 30.1. The van der Waals surface area contributed by atoms with Crippen LogP contribution in [0.5, 0.6) is 0 Å². The van der Waals surface area contributed by atoms with E-state index in [-0.39, 0.29) is 29.7 Å². The molecule has 2 fully saturated rings. The molecule has 2 unspecified atom stereocenters. The summed E-state index contributed by atoms with van der Waals surface area (Å²) in [5, 5.41) is 13.1. The Labute approximate surface area is 138 Å². The van der Waals surface area contributed by atoms with Crippen molar-refractivity contribution < 1.29 is 14.7 Å². The number of hydrogen-bond acceptors (Lipinski definition) is 2. The summed E-state index contributed by atoms with van der Waals surface area (Å²) in [5.41, 5.74) is 0.993. The van der Waals surface area contributed by atoms with E-state index in [0.717, 1.165) is 18.4 Å². The van der Waals surface area contributed by atoms with Crippen LogP contribution < -0.4 is 5.32 Å². The van der Waals surface area contributed by atoms with Gasteiger partial charge in [0.05, 0.1) is 5.92 Å². The van der Waals surface area contributed by atoms with E-state index in [1.54, 1.807) is 6.07 Å². The van der Waals surface area contributed by atoms with Crippen molar-refractivity contribution >= 4 is 35.1 Å². The van der Waals surface area contributed by atoms with Crippen LogP contribution in [0.4, 0.5) is 0 Å². The van der Waals surface area contributed by atoms with Gasteiger partial charge >= 0.3 is 5.97 Å². The average molecular weight is 342 g/mol. The molecule has 2 N–H and O–H groups in total. The lowest BCUT2D eigenvalue weighted by atomic mass is 10.1. The monoisotopic (exact) mass is 341 g/mol. The van der Waals surface area contributed by atoms with Crippen LogP contribution in [-0.2, 0) is 9.59 Å². The van der Waals surface area contributed by atoms with E-state index in [9.17, 15) is 9.59 Å². The van der Waals surface area contributed by atoms with Crippen LogP contribution in [0.1, 0.15) is 37.2 Å². The van der Waals surface area contributed by atoms with Crippen LogP contribution in [0.2, 0.25) is 10.0 Å². The van der Waals surface area contributed by atoms with Gasteiger partial charge in [-0.1, -0.05) is 23.2 Å². The molecule has 0 saturated heterocycles. The van der Waals surface area contributed by atoms with E-state index in [1.165, 1.54) is 0 Å². The van der Waals surface area contributed by atoms with E-state index < -0.39 is 5.97 Å². The van der Waals surface area contributed by atoms with Crippen molar-refractivity contribution in [3.63, 3.8) is 0 Å². The lowest BCUT2D eigenvalue weighted by Gasteiger charge is -2.12. The highest BCUT2D eigenvalue weighted by Gasteiger charge is 2.45. The molecule has 2 aliphatic rings. The molecule has 0 bridgehead atoms. The Bertz CT molecular complexity index is 599. The summed E-state index contributed by atoms with van der Waals surface area (Å²) in [5.74, 6) is -0.981. The molecule has 22 heavy (non-hydrogen) atoms. The first kappa shape index (κ1) is 15.6. The number of nitrogens with one attached hydrogen (secondary N) is 1. The first-order valence-electron chi connectivity index (χ1n) is 7.43. The van der Waals surface area contributed by atoms with Crippen molar-refractivity contribution in [2.24, 2.45) is 11.8 Å². The largest absolute Gasteiger partial charge is 0.481 e. The van der Waals surface area contributed by atoms with Gasteiger partial charge in [0, 0.05) is 22.0 Å². The first-order valence-corrected chi connectivity index (χ1v) is 8.19. The Hall–Kier alpha value is -1.26. The summed E-state index contributed by atoms with van der Waals surface area (Å²) >= 11 is 12.0. The molecule has 0 spiro atoms. The molecular formula is C16H17Cl2NO3. The highest BCUT2D eigenvalue weighted by Crippen LogP contribution is 2.48. The summed E-state index contributed by atoms with van der Waals surface area (Å²) in [6.45, 7) is 0. The fourth-order valence-corrected chi connectivity index (χ4v) is 3.83. The molecule has 0 heterocycles. The number of carbonyl (C=O) groups is 2. The zero-order valence-electron chi connectivity index (χ0n) is 11.9. The second kappa shape index (κ2) is 6.09. The van der Waals surface area contributed by atoms with Gasteiger partial charge in [-0.25, -0.2) is 0 Å². The van der Waals surface area contributed by atoms with Gasteiger partial charge in [-0.2, -0.15) is 0 Å². The standard InChI is InChI=1S/C16H17Cl2NO3/c17-10-3-9(4-11(18)6-10)13-7-14(13)15(20)19-12-2-1-8(5-12)16(21)22/h3-4,6,8,12-14H,1-2,5,7H2,(H,19,20)(H,21,22)/t8-,12+,13?,14?/m0/s1. The molecule has 0 radical (unpaired) electrons. The summed E-state index contributed by atoms with van der Waals surface area (Å²) < 4.78 is 0. The molecule has 6 heteroatoms.